The predicted octanol–water partition coefficient (Wildman–Crippen LogP) is 6.20. The number of hydrogen-bond acceptors (Lipinski definition) is 6. The molecule has 174 valence electrons. The molecule has 0 bridgehead atoms. The number of benzene rings is 3. The number of ketones is 1. The second-order valence-electron chi connectivity index (χ2n) is 8.03. The highest BCUT2D eigenvalue weighted by molar-refractivity contribution is 7.92. The molecule has 3 N–H and O–H groups in total. The minimum atomic E-state index is -4.05. The van der Waals surface area contributed by atoms with E-state index in [2.05, 4.69) is 5.32 Å². The number of carbonyl (C=O) groups is 1. The van der Waals surface area contributed by atoms with Crippen molar-refractivity contribution in [2.75, 3.05) is 11.1 Å². The summed E-state index contributed by atoms with van der Waals surface area (Å²) in [4.78, 5) is 13.2. The zero-order valence-electron chi connectivity index (χ0n) is 18.8. The van der Waals surface area contributed by atoms with Crippen molar-refractivity contribution in [2.24, 2.45) is 0 Å². The first kappa shape index (κ1) is 23.7. The Morgan fingerprint density at radius 2 is 1.59 bits per heavy atom. The van der Waals surface area contributed by atoms with Gasteiger partial charge in [-0.1, -0.05) is 29.8 Å². The number of sulfone groups is 1. The molecule has 8 heteroatoms. The Hall–Kier alpha value is -3.49. The van der Waals surface area contributed by atoms with Crippen molar-refractivity contribution in [1.29, 1.82) is 0 Å². The summed E-state index contributed by atoms with van der Waals surface area (Å²) in [5, 5.41) is 3.44. The molecule has 0 aliphatic rings. The number of thiophene rings is 1. The first-order valence-electron chi connectivity index (χ1n) is 10.5. The van der Waals surface area contributed by atoms with E-state index in [4.69, 9.17) is 5.73 Å². The monoisotopic (exact) mass is 494 g/mol. The molecule has 0 unspecified atom stereocenters. The molecule has 5 nitrogen and oxygen atoms in total. The Balaban J connectivity index is 1.90. The van der Waals surface area contributed by atoms with E-state index in [1.165, 1.54) is 36.4 Å². The quantitative estimate of drug-likeness (QED) is 0.312. The summed E-state index contributed by atoms with van der Waals surface area (Å²) in [5.41, 5.74) is 10.0. The van der Waals surface area contributed by atoms with Crippen molar-refractivity contribution in [2.45, 2.75) is 30.6 Å². The predicted molar refractivity (Wildman–Crippen MR) is 134 cm³/mol. The maximum atomic E-state index is 13.7. The van der Waals surface area contributed by atoms with Gasteiger partial charge in [0, 0.05) is 11.3 Å². The van der Waals surface area contributed by atoms with E-state index in [1.807, 2.05) is 39.0 Å². The molecule has 0 radical (unpaired) electrons. The summed E-state index contributed by atoms with van der Waals surface area (Å²) in [6, 6.07) is 17.2. The van der Waals surface area contributed by atoms with Gasteiger partial charge in [-0.3, -0.25) is 4.79 Å². The van der Waals surface area contributed by atoms with E-state index in [0.717, 1.165) is 28.0 Å². The van der Waals surface area contributed by atoms with Gasteiger partial charge >= 0.3 is 0 Å². The average molecular weight is 495 g/mol. The second kappa shape index (κ2) is 9.04. The van der Waals surface area contributed by atoms with E-state index in [-0.39, 0.29) is 30.9 Å². The van der Waals surface area contributed by atoms with Crippen LogP contribution in [0.4, 0.5) is 20.8 Å². The third-order valence-corrected chi connectivity index (χ3v) is 8.77. The number of nitrogen functional groups attached to an aromatic ring is 1. The van der Waals surface area contributed by atoms with Crippen molar-refractivity contribution < 1.29 is 17.6 Å². The van der Waals surface area contributed by atoms with Gasteiger partial charge in [0.05, 0.1) is 10.6 Å². The SMILES string of the molecule is Cc1ccc(S(=O)(=O)c2c(Nc3cccc(C)c3C)sc(C(=O)c3ccc(F)cc3)c2N)cc1. The van der Waals surface area contributed by atoms with Gasteiger partial charge in [0.1, 0.15) is 20.6 Å². The van der Waals surface area contributed by atoms with Gasteiger partial charge in [-0.2, -0.15) is 0 Å². The number of halogens is 1. The van der Waals surface area contributed by atoms with Gasteiger partial charge in [-0.15, -0.1) is 11.3 Å². The fraction of sp³-hybridized carbons (Fsp3) is 0.115. The van der Waals surface area contributed by atoms with Gasteiger partial charge in [0.2, 0.25) is 15.6 Å². The van der Waals surface area contributed by atoms with Crippen LogP contribution in [0.3, 0.4) is 0 Å². The Bertz CT molecular complexity index is 1490. The number of rotatable bonds is 6. The van der Waals surface area contributed by atoms with Crippen LogP contribution in [-0.4, -0.2) is 14.2 Å². The van der Waals surface area contributed by atoms with Crippen LogP contribution in [0, 0.1) is 26.6 Å². The molecule has 0 fully saturated rings. The molecule has 0 aliphatic carbocycles. The fourth-order valence-corrected chi connectivity index (χ4v) is 6.45. The highest BCUT2D eigenvalue weighted by Gasteiger charge is 2.32. The first-order valence-corrected chi connectivity index (χ1v) is 12.8. The summed E-state index contributed by atoms with van der Waals surface area (Å²) in [6.45, 7) is 5.74. The van der Waals surface area contributed by atoms with E-state index in [0.29, 0.717) is 5.69 Å². The maximum absolute atomic E-state index is 13.7. The number of aryl methyl sites for hydroxylation is 2. The maximum Gasteiger partial charge on any atom is 0.211 e. The van der Waals surface area contributed by atoms with E-state index < -0.39 is 21.4 Å². The summed E-state index contributed by atoms with van der Waals surface area (Å²) in [6.07, 6.45) is 0. The first-order chi connectivity index (χ1) is 16.1. The van der Waals surface area contributed by atoms with Crippen LogP contribution >= 0.6 is 11.3 Å². The third-order valence-electron chi connectivity index (χ3n) is 5.67. The number of anilines is 3. The van der Waals surface area contributed by atoms with Gasteiger partial charge in [0.15, 0.2) is 0 Å². The largest absolute Gasteiger partial charge is 0.396 e. The van der Waals surface area contributed by atoms with Gasteiger partial charge < -0.3 is 11.1 Å². The molecule has 0 atom stereocenters. The van der Waals surface area contributed by atoms with E-state index in [1.54, 1.807) is 12.1 Å². The second-order valence-corrected chi connectivity index (χ2v) is 10.9. The molecule has 4 rings (SSSR count). The lowest BCUT2D eigenvalue weighted by Gasteiger charge is -2.13. The molecule has 0 spiro atoms. The van der Waals surface area contributed by atoms with Crippen LogP contribution in [0.25, 0.3) is 0 Å². The van der Waals surface area contributed by atoms with Crippen LogP contribution < -0.4 is 11.1 Å². The lowest BCUT2D eigenvalue weighted by atomic mass is 10.1. The zero-order valence-corrected chi connectivity index (χ0v) is 20.5. The number of nitrogens with two attached hydrogens (primary N) is 1. The molecule has 4 aromatic rings. The van der Waals surface area contributed by atoms with Crippen molar-refractivity contribution in [3.63, 3.8) is 0 Å². The third kappa shape index (κ3) is 4.34. The average Bonchev–Trinajstić information content (AvgIpc) is 3.13. The number of hydrogen-bond donors (Lipinski definition) is 2. The van der Waals surface area contributed by atoms with Crippen LogP contribution in [-0.2, 0) is 9.84 Å². The minimum Gasteiger partial charge on any atom is -0.396 e. The lowest BCUT2D eigenvalue weighted by Crippen LogP contribution is -2.08. The molecule has 1 aromatic heterocycles. The van der Waals surface area contributed by atoms with Crippen LogP contribution in [0.2, 0.25) is 0 Å². The summed E-state index contributed by atoms with van der Waals surface area (Å²) >= 11 is 0.969. The van der Waals surface area contributed by atoms with E-state index in [9.17, 15) is 17.6 Å². The Kier molecular flexibility index (Phi) is 6.29. The van der Waals surface area contributed by atoms with Gasteiger partial charge in [-0.05, 0) is 74.4 Å². The molecule has 0 saturated carbocycles. The normalized spacial score (nSPS) is 11.4. The Labute approximate surface area is 202 Å². The lowest BCUT2D eigenvalue weighted by molar-refractivity contribution is 0.104. The van der Waals surface area contributed by atoms with Crippen molar-refractivity contribution in [1.82, 2.24) is 0 Å². The van der Waals surface area contributed by atoms with Crippen LogP contribution in [0.5, 0.6) is 0 Å². The van der Waals surface area contributed by atoms with Gasteiger partial charge in [0.25, 0.3) is 0 Å². The summed E-state index contributed by atoms with van der Waals surface area (Å²) < 4.78 is 40.7. The van der Waals surface area contributed by atoms with Crippen molar-refractivity contribution >= 4 is 43.3 Å². The summed E-state index contributed by atoms with van der Waals surface area (Å²) in [5.74, 6) is -0.951. The molecule has 34 heavy (non-hydrogen) atoms. The van der Waals surface area contributed by atoms with Crippen LogP contribution in [0.15, 0.2) is 76.5 Å². The Morgan fingerprint density at radius 1 is 0.941 bits per heavy atom. The minimum absolute atomic E-state index is 0.0742. The standard InChI is InChI=1S/C26H23FN2O3S2/c1-15-7-13-20(14-8-15)34(31,32)25-22(28)24(23(30)18-9-11-19(27)12-10-18)33-26(25)29-21-6-4-5-16(2)17(21)3/h4-14,29H,28H2,1-3H3. The van der Waals surface area contributed by atoms with Gasteiger partial charge in [-0.25, -0.2) is 12.8 Å². The molecule has 1 heterocycles. The molecular weight excluding hydrogens is 471 g/mol. The number of nitrogens with one attached hydrogen (secondary N) is 1. The zero-order chi connectivity index (χ0) is 24.6. The molecule has 3 aromatic carbocycles. The molecule has 0 aliphatic heterocycles. The van der Waals surface area contributed by atoms with Crippen LogP contribution in [0.1, 0.15) is 31.9 Å². The highest BCUT2D eigenvalue weighted by atomic mass is 32.2. The van der Waals surface area contributed by atoms with Crippen molar-refractivity contribution in [3.8, 4) is 0 Å². The molecule has 0 saturated heterocycles. The molecular formula is C26H23FN2O3S2. The highest BCUT2D eigenvalue weighted by Crippen LogP contribution is 2.44. The van der Waals surface area contributed by atoms with Crippen molar-refractivity contribution in [3.05, 3.63) is 99.7 Å². The van der Waals surface area contributed by atoms with E-state index >= 15 is 0 Å². The Morgan fingerprint density at radius 3 is 2.24 bits per heavy atom. The number of carbonyl (C=O) groups excluding carboxylic acids is 1. The fourth-order valence-electron chi connectivity index (χ4n) is 3.52. The smallest absolute Gasteiger partial charge is 0.211 e. The topological polar surface area (TPSA) is 89.3 Å². The molecule has 0 amide bonds. The summed E-state index contributed by atoms with van der Waals surface area (Å²) in [7, 11) is -4.05.